The molecular formula is C18H23FN4O3. The van der Waals surface area contributed by atoms with Crippen LogP contribution in [0.25, 0.3) is 11.4 Å². The summed E-state index contributed by atoms with van der Waals surface area (Å²) in [4.78, 5) is 18.6. The van der Waals surface area contributed by atoms with Gasteiger partial charge in [0.25, 0.3) is 0 Å². The SMILES string of the molecule is CC(CNC(=O)CCc1nc(-c2ccc(F)cc2)no1)N1CCOCC1. The number of benzene rings is 1. The van der Waals surface area contributed by atoms with Crippen LogP contribution in [0.2, 0.25) is 0 Å². The summed E-state index contributed by atoms with van der Waals surface area (Å²) in [5.74, 6) is 0.411. The van der Waals surface area contributed by atoms with Gasteiger partial charge in [0.15, 0.2) is 0 Å². The van der Waals surface area contributed by atoms with E-state index in [4.69, 9.17) is 9.26 Å². The van der Waals surface area contributed by atoms with Gasteiger partial charge in [0.05, 0.1) is 13.2 Å². The van der Waals surface area contributed by atoms with Crippen molar-refractivity contribution in [2.24, 2.45) is 0 Å². The molecular weight excluding hydrogens is 339 g/mol. The number of aryl methyl sites for hydroxylation is 1. The summed E-state index contributed by atoms with van der Waals surface area (Å²) >= 11 is 0. The van der Waals surface area contributed by atoms with Crippen LogP contribution >= 0.6 is 0 Å². The van der Waals surface area contributed by atoms with Crippen LogP contribution in [0.1, 0.15) is 19.2 Å². The van der Waals surface area contributed by atoms with Crippen molar-refractivity contribution >= 4 is 5.91 Å². The number of carbonyl (C=O) groups is 1. The van der Waals surface area contributed by atoms with Gasteiger partial charge in [-0.3, -0.25) is 9.69 Å². The van der Waals surface area contributed by atoms with E-state index in [1.54, 1.807) is 12.1 Å². The number of aromatic nitrogens is 2. The third kappa shape index (κ3) is 5.09. The van der Waals surface area contributed by atoms with Crippen LogP contribution in [0.5, 0.6) is 0 Å². The molecule has 2 aromatic rings. The van der Waals surface area contributed by atoms with Gasteiger partial charge >= 0.3 is 0 Å². The molecule has 1 amide bonds. The van der Waals surface area contributed by atoms with Gasteiger partial charge in [-0.25, -0.2) is 4.39 Å². The molecule has 0 spiro atoms. The summed E-state index contributed by atoms with van der Waals surface area (Å²) in [5.41, 5.74) is 0.671. The number of morpholine rings is 1. The Labute approximate surface area is 151 Å². The Morgan fingerprint density at radius 2 is 2.04 bits per heavy atom. The van der Waals surface area contributed by atoms with Gasteiger partial charge in [-0.2, -0.15) is 4.98 Å². The Balaban J connectivity index is 1.42. The van der Waals surface area contributed by atoms with Gasteiger partial charge in [-0.05, 0) is 31.2 Å². The minimum absolute atomic E-state index is 0.0494. The zero-order chi connectivity index (χ0) is 18.4. The molecule has 1 aromatic carbocycles. The lowest BCUT2D eigenvalue weighted by atomic mass is 10.2. The fourth-order valence-electron chi connectivity index (χ4n) is 2.79. The molecule has 2 heterocycles. The molecule has 1 aliphatic heterocycles. The van der Waals surface area contributed by atoms with Gasteiger partial charge < -0.3 is 14.6 Å². The fraction of sp³-hybridized carbons (Fsp3) is 0.500. The number of nitrogens with one attached hydrogen (secondary N) is 1. The average Bonchev–Trinajstić information content (AvgIpc) is 3.14. The van der Waals surface area contributed by atoms with Gasteiger partial charge in [-0.15, -0.1) is 0 Å². The smallest absolute Gasteiger partial charge is 0.227 e. The van der Waals surface area contributed by atoms with E-state index in [0.29, 0.717) is 30.2 Å². The van der Waals surface area contributed by atoms with Crippen LogP contribution in [-0.4, -0.2) is 59.8 Å². The number of hydrogen-bond donors (Lipinski definition) is 1. The third-order valence-electron chi connectivity index (χ3n) is 4.40. The molecule has 3 rings (SSSR count). The lowest BCUT2D eigenvalue weighted by Gasteiger charge is -2.32. The zero-order valence-corrected chi connectivity index (χ0v) is 14.8. The number of halogens is 1. The minimum Gasteiger partial charge on any atom is -0.379 e. The summed E-state index contributed by atoms with van der Waals surface area (Å²) in [6, 6.07) is 6.13. The minimum atomic E-state index is -0.319. The molecule has 1 aromatic heterocycles. The number of nitrogens with zero attached hydrogens (tertiary/aromatic N) is 3. The van der Waals surface area contributed by atoms with E-state index in [2.05, 4.69) is 27.3 Å². The van der Waals surface area contributed by atoms with Crippen molar-refractivity contribution in [3.8, 4) is 11.4 Å². The molecule has 0 bridgehead atoms. The number of hydrogen-bond acceptors (Lipinski definition) is 6. The van der Waals surface area contributed by atoms with Gasteiger partial charge in [-0.1, -0.05) is 5.16 Å². The maximum absolute atomic E-state index is 12.9. The monoisotopic (exact) mass is 362 g/mol. The quantitative estimate of drug-likeness (QED) is 0.807. The highest BCUT2D eigenvalue weighted by atomic mass is 19.1. The first kappa shape index (κ1) is 18.5. The Kier molecular flexibility index (Phi) is 6.30. The predicted molar refractivity (Wildman–Crippen MR) is 92.9 cm³/mol. The van der Waals surface area contributed by atoms with E-state index in [-0.39, 0.29) is 24.2 Å². The summed E-state index contributed by atoms with van der Waals surface area (Å²) in [5, 5.41) is 6.81. The summed E-state index contributed by atoms with van der Waals surface area (Å²) < 4.78 is 23.4. The molecule has 1 unspecified atom stereocenters. The van der Waals surface area contributed by atoms with Crippen LogP contribution in [0.15, 0.2) is 28.8 Å². The Hall–Kier alpha value is -2.32. The highest BCUT2D eigenvalue weighted by Gasteiger charge is 2.17. The molecule has 140 valence electrons. The second-order valence-electron chi connectivity index (χ2n) is 6.32. The Bertz CT molecular complexity index is 713. The van der Waals surface area contributed by atoms with Crippen molar-refractivity contribution < 1.29 is 18.4 Å². The van der Waals surface area contributed by atoms with E-state index in [1.165, 1.54) is 12.1 Å². The van der Waals surface area contributed by atoms with Crippen molar-refractivity contribution in [1.29, 1.82) is 0 Å². The second-order valence-corrected chi connectivity index (χ2v) is 6.32. The molecule has 1 aliphatic rings. The van der Waals surface area contributed by atoms with Crippen LogP contribution in [0.3, 0.4) is 0 Å². The first-order valence-corrected chi connectivity index (χ1v) is 8.79. The highest BCUT2D eigenvalue weighted by Crippen LogP contribution is 2.16. The van der Waals surface area contributed by atoms with Crippen molar-refractivity contribution in [3.63, 3.8) is 0 Å². The molecule has 8 heteroatoms. The molecule has 1 saturated heterocycles. The highest BCUT2D eigenvalue weighted by molar-refractivity contribution is 5.76. The van der Waals surface area contributed by atoms with Crippen molar-refractivity contribution in [2.75, 3.05) is 32.8 Å². The van der Waals surface area contributed by atoms with Crippen LogP contribution < -0.4 is 5.32 Å². The standard InChI is InChI=1S/C18H23FN4O3/c1-13(23-8-10-25-11-9-23)12-20-16(24)6-7-17-21-18(22-26-17)14-2-4-15(19)5-3-14/h2-5,13H,6-12H2,1H3,(H,20,24). The zero-order valence-electron chi connectivity index (χ0n) is 14.8. The molecule has 0 radical (unpaired) electrons. The van der Waals surface area contributed by atoms with E-state index < -0.39 is 0 Å². The van der Waals surface area contributed by atoms with Gasteiger partial charge in [0.1, 0.15) is 5.82 Å². The molecule has 1 atom stereocenters. The maximum atomic E-state index is 12.9. The van der Waals surface area contributed by atoms with Crippen molar-refractivity contribution in [3.05, 3.63) is 36.0 Å². The Morgan fingerprint density at radius 1 is 1.31 bits per heavy atom. The number of amides is 1. The lowest BCUT2D eigenvalue weighted by Crippen LogP contribution is -2.47. The molecule has 26 heavy (non-hydrogen) atoms. The van der Waals surface area contributed by atoms with Crippen LogP contribution in [0.4, 0.5) is 4.39 Å². The number of carbonyl (C=O) groups excluding carboxylic acids is 1. The summed E-state index contributed by atoms with van der Waals surface area (Å²) in [7, 11) is 0. The fourth-order valence-corrected chi connectivity index (χ4v) is 2.79. The average molecular weight is 362 g/mol. The predicted octanol–water partition coefficient (Wildman–Crippen LogP) is 1.65. The normalized spacial score (nSPS) is 16.4. The maximum Gasteiger partial charge on any atom is 0.227 e. The second kappa shape index (κ2) is 8.86. The molecule has 1 fully saturated rings. The van der Waals surface area contributed by atoms with E-state index >= 15 is 0 Å². The Morgan fingerprint density at radius 3 is 2.77 bits per heavy atom. The lowest BCUT2D eigenvalue weighted by molar-refractivity contribution is -0.121. The first-order valence-electron chi connectivity index (χ1n) is 8.79. The summed E-state index contributed by atoms with van der Waals surface area (Å²) in [6.45, 7) is 5.97. The van der Waals surface area contributed by atoms with Crippen LogP contribution in [0, 0.1) is 5.82 Å². The van der Waals surface area contributed by atoms with Gasteiger partial charge in [0, 0.05) is 44.1 Å². The van der Waals surface area contributed by atoms with Crippen molar-refractivity contribution in [1.82, 2.24) is 20.4 Å². The largest absolute Gasteiger partial charge is 0.379 e. The topological polar surface area (TPSA) is 80.5 Å². The number of ether oxygens (including phenoxy) is 1. The molecule has 0 saturated carbocycles. The van der Waals surface area contributed by atoms with Crippen LogP contribution in [-0.2, 0) is 16.0 Å². The number of rotatable bonds is 7. The van der Waals surface area contributed by atoms with Crippen molar-refractivity contribution in [2.45, 2.75) is 25.8 Å². The van der Waals surface area contributed by atoms with E-state index in [1.807, 2.05) is 0 Å². The van der Waals surface area contributed by atoms with E-state index in [9.17, 15) is 9.18 Å². The van der Waals surface area contributed by atoms with E-state index in [0.717, 1.165) is 26.3 Å². The molecule has 7 nitrogen and oxygen atoms in total. The third-order valence-corrected chi connectivity index (χ3v) is 4.40. The summed E-state index contributed by atoms with van der Waals surface area (Å²) in [6.07, 6.45) is 0.646. The first-order chi connectivity index (χ1) is 12.6. The molecule has 1 N–H and O–H groups in total. The molecule has 0 aliphatic carbocycles. The van der Waals surface area contributed by atoms with Gasteiger partial charge in [0.2, 0.25) is 17.6 Å².